The molecule has 0 atom stereocenters. The number of carbonyl (C=O) groups is 2. The van der Waals surface area contributed by atoms with Gasteiger partial charge in [-0.2, -0.15) is 4.80 Å². The number of tetrazole rings is 1. The van der Waals surface area contributed by atoms with Gasteiger partial charge in [-0.3, -0.25) is 4.79 Å². The first-order valence-electron chi connectivity index (χ1n) is 16.2. The lowest BCUT2D eigenvalue weighted by Crippen LogP contribution is -2.28. The number of benzene rings is 2. The highest BCUT2D eigenvalue weighted by molar-refractivity contribution is 7.17. The van der Waals surface area contributed by atoms with E-state index in [1.807, 2.05) is 78.4 Å². The van der Waals surface area contributed by atoms with Crippen molar-refractivity contribution in [1.82, 2.24) is 35.4 Å². The molecule has 0 unspecified atom stereocenters. The van der Waals surface area contributed by atoms with Gasteiger partial charge in [0.15, 0.2) is 11.5 Å². The van der Waals surface area contributed by atoms with E-state index in [0.717, 1.165) is 32.7 Å². The number of carbonyl (C=O) groups excluding carboxylic acids is 1. The monoisotopic (exact) mass is 691 g/mol. The predicted octanol–water partition coefficient (Wildman–Crippen LogP) is 4.48. The third-order valence-electron chi connectivity index (χ3n) is 7.40. The number of nitrogens with one attached hydrogen (secondary N) is 2. The van der Waals surface area contributed by atoms with Gasteiger partial charge in [-0.15, -0.1) is 21.5 Å². The minimum absolute atomic E-state index is 0.124. The lowest BCUT2D eigenvalue weighted by Gasteiger charge is -2.13. The molecule has 0 saturated carbocycles. The average molecular weight is 692 g/mol. The Bertz CT molecular complexity index is 1800. The molecular formula is C34H41N7O7S. The molecule has 260 valence electrons. The molecule has 15 heteroatoms. The summed E-state index contributed by atoms with van der Waals surface area (Å²) in [6.45, 7) is 8.05. The molecule has 0 radical (unpaired) electrons. The van der Waals surface area contributed by atoms with Crippen molar-refractivity contribution in [2.45, 2.75) is 33.4 Å². The van der Waals surface area contributed by atoms with Gasteiger partial charge in [0, 0.05) is 25.2 Å². The van der Waals surface area contributed by atoms with Crippen LogP contribution < -0.4 is 20.1 Å². The van der Waals surface area contributed by atoms with Gasteiger partial charge in [-0.05, 0) is 66.3 Å². The lowest BCUT2D eigenvalue weighted by molar-refractivity contribution is 0.0439. The first-order chi connectivity index (χ1) is 23.9. The molecule has 0 aliphatic rings. The molecule has 3 N–H and O–H groups in total. The Morgan fingerprint density at radius 3 is 2.39 bits per heavy atom. The fourth-order valence-corrected chi connectivity index (χ4v) is 5.91. The Balaban J connectivity index is 1.13. The summed E-state index contributed by atoms with van der Waals surface area (Å²) in [4.78, 5) is 25.3. The summed E-state index contributed by atoms with van der Waals surface area (Å²) < 4.78 is 25.3. The first-order valence-corrected chi connectivity index (χ1v) is 17.1. The second kappa shape index (κ2) is 18.0. The van der Waals surface area contributed by atoms with E-state index in [1.54, 1.807) is 11.3 Å². The second-order valence-corrected chi connectivity index (χ2v) is 11.7. The number of ether oxygens (including phenoxy) is 4. The highest BCUT2D eigenvalue weighted by Crippen LogP contribution is 2.29. The maximum absolute atomic E-state index is 13.4. The van der Waals surface area contributed by atoms with E-state index in [0.29, 0.717) is 76.4 Å². The van der Waals surface area contributed by atoms with Crippen LogP contribution in [0.4, 0.5) is 4.79 Å². The fourth-order valence-electron chi connectivity index (χ4n) is 5.09. The van der Waals surface area contributed by atoms with E-state index in [2.05, 4.69) is 26.0 Å². The Morgan fingerprint density at radius 2 is 1.61 bits per heavy atom. The number of hydrogen-bond acceptors (Lipinski definition) is 10. The van der Waals surface area contributed by atoms with Crippen LogP contribution in [0.2, 0.25) is 0 Å². The van der Waals surface area contributed by atoms with Gasteiger partial charge in [0.1, 0.15) is 5.69 Å². The van der Waals surface area contributed by atoms with Gasteiger partial charge in [0.2, 0.25) is 5.82 Å². The van der Waals surface area contributed by atoms with Crippen molar-refractivity contribution in [1.29, 1.82) is 0 Å². The smallest absolute Gasteiger partial charge is 0.404 e. The quantitative estimate of drug-likeness (QED) is 0.0992. The minimum atomic E-state index is -1.08. The van der Waals surface area contributed by atoms with Crippen molar-refractivity contribution in [2.24, 2.45) is 0 Å². The van der Waals surface area contributed by atoms with Crippen LogP contribution in [0.15, 0.2) is 60.0 Å². The highest BCUT2D eigenvalue weighted by atomic mass is 32.1. The molecule has 0 saturated heterocycles. The summed E-state index contributed by atoms with van der Waals surface area (Å²) >= 11 is 1.61. The molecule has 3 heterocycles. The molecule has 3 aromatic heterocycles. The molecule has 14 nitrogen and oxygen atoms in total. The molecule has 0 aliphatic heterocycles. The average Bonchev–Trinajstić information content (AvgIpc) is 3.84. The number of aromatic nitrogens is 5. The van der Waals surface area contributed by atoms with Crippen LogP contribution in [0.5, 0.6) is 11.5 Å². The Morgan fingerprint density at radius 1 is 0.857 bits per heavy atom. The second-order valence-electron chi connectivity index (χ2n) is 10.8. The summed E-state index contributed by atoms with van der Waals surface area (Å²) in [6.07, 6.45) is -0.418. The number of carboxylic acid groups (broad SMARTS) is 1. The zero-order valence-electron chi connectivity index (χ0n) is 27.6. The SMILES string of the molecule is CCOc1ccc(CCNC(=O)c2cc3sccc3n2Cc2ccc(-c3nnn(CCOCCOCCNC(=O)O)n3)cc2)cc1OCC. The number of rotatable bonds is 20. The van der Waals surface area contributed by atoms with Gasteiger partial charge in [0.25, 0.3) is 5.91 Å². The van der Waals surface area contributed by atoms with Gasteiger partial charge in [-0.25, -0.2) is 4.79 Å². The van der Waals surface area contributed by atoms with E-state index in [-0.39, 0.29) is 19.1 Å². The standard InChI is InChI=1S/C34H41N7O7S/c1-3-47-29-10-7-24(21-30(29)48-4-2)11-13-35-33(42)28-22-31-27(12-20-49-31)40(28)23-25-5-8-26(9-6-25)32-37-39-41(38-32)15-17-46-19-18-45-16-14-36-34(43)44/h5-10,12,20-22,36H,3-4,11,13-19,23H2,1-2H3,(H,35,42)(H,43,44). The van der Waals surface area contributed by atoms with Gasteiger partial charge in [-0.1, -0.05) is 30.3 Å². The third kappa shape index (κ3) is 10.0. The molecule has 49 heavy (non-hydrogen) atoms. The lowest BCUT2D eigenvalue weighted by atomic mass is 10.1. The van der Waals surface area contributed by atoms with Crippen LogP contribution >= 0.6 is 11.3 Å². The molecule has 0 spiro atoms. The van der Waals surface area contributed by atoms with Crippen LogP contribution in [0.25, 0.3) is 21.6 Å². The van der Waals surface area contributed by atoms with E-state index in [4.69, 9.17) is 24.1 Å². The normalized spacial score (nSPS) is 11.1. The van der Waals surface area contributed by atoms with Crippen molar-refractivity contribution >= 4 is 33.6 Å². The van der Waals surface area contributed by atoms with Crippen molar-refractivity contribution in [3.63, 3.8) is 0 Å². The molecule has 2 amide bonds. The van der Waals surface area contributed by atoms with E-state index in [9.17, 15) is 9.59 Å². The number of thiophene rings is 1. The molecular weight excluding hydrogens is 650 g/mol. The van der Waals surface area contributed by atoms with Crippen LogP contribution in [-0.2, 0) is 29.0 Å². The van der Waals surface area contributed by atoms with Crippen LogP contribution in [0.3, 0.4) is 0 Å². The third-order valence-corrected chi connectivity index (χ3v) is 8.25. The number of fused-ring (bicyclic) bond motifs is 1. The summed E-state index contributed by atoms with van der Waals surface area (Å²) in [5, 5.41) is 28.6. The van der Waals surface area contributed by atoms with Crippen LogP contribution in [0.1, 0.15) is 35.5 Å². The fraction of sp³-hybridized carbons (Fsp3) is 0.382. The maximum Gasteiger partial charge on any atom is 0.404 e. The minimum Gasteiger partial charge on any atom is -0.490 e. The van der Waals surface area contributed by atoms with Crippen molar-refractivity contribution in [3.05, 3.63) is 76.8 Å². The molecule has 5 aromatic rings. The summed E-state index contributed by atoms with van der Waals surface area (Å²) in [5.74, 6) is 1.81. The Kier molecular flexibility index (Phi) is 12.9. The number of hydrogen-bond donors (Lipinski definition) is 3. The van der Waals surface area contributed by atoms with Gasteiger partial charge < -0.3 is 39.3 Å². The maximum atomic E-state index is 13.4. The van der Waals surface area contributed by atoms with Crippen LogP contribution in [-0.4, -0.2) is 94.6 Å². The molecule has 5 rings (SSSR count). The van der Waals surface area contributed by atoms with Crippen LogP contribution in [0, 0.1) is 0 Å². The summed E-state index contributed by atoms with van der Waals surface area (Å²) in [6, 6.07) is 17.8. The molecule has 0 aliphatic carbocycles. The topological polar surface area (TPSA) is 164 Å². The zero-order chi connectivity index (χ0) is 34.4. The Labute approximate surface area is 287 Å². The highest BCUT2D eigenvalue weighted by Gasteiger charge is 2.17. The zero-order valence-corrected chi connectivity index (χ0v) is 28.4. The van der Waals surface area contributed by atoms with Gasteiger partial charge >= 0.3 is 6.09 Å². The van der Waals surface area contributed by atoms with E-state index in [1.165, 1.54) is 4.80 Å². The molecule has 2 aromatic carbocycles. The number of nitrogens with zero attached hydrogens (tertiary/aromatic N) is 5. The predicted molar refractivity (Wildman–Crippen MR) is 185 cm³/mol. The van der Waals surface area contributed by atoms with E-state index >= 15 is 0 Å². The van der Waals surface area contributed by atoms with Gasteiger partial charge in [0.05, 0.1) is 56.4 Å². The van der Waals surface area contributed by atoms with Crippen molar-refractivity contribution in [3.8, 4) is 22.9 Å². The first kappa shape index (κ1) is 35.3. The summed E-state index contributed by atoms with van der Waals surface area (Å²) in [5.41, 5.74) is 4.54. The summed E-state index contributed by atoms with van der Waals surface area (Å²) in [7, 11) is 0. The molecule has 0 bridgehead atoms. The Hall–Kier alpha value is -4.99. The van der Waals surface area contributed by atoms with E-state index < -0.39 is 6.09 Å². The van der Waals surface area contributed by atoms with Crippen molar-refractivity contribution in [2.75, 3.05) is 52.7 Å². The molecule has 0 fully saturated rings. The van der Waals surface area contributed by atoms with Crippen molar-refractivity contribution < 1.29 is 33.6 Å². The number of amides is 2. The largest absolute Gasteiger partial charge is 0.490 e.